The Kier molecular flexibility index (Phi) is 6.02. The molecule has 164 valence electrons. The van der Waals surface area contributed by atoms with E-state index in [4.69, 9.17) is 14.2 Å². The Labute approximate surface area is 182 Å². The average molecular weight is 424 g/mol. The van der Waals surface area contributed by atoms with E-state index < -0.39 is 0 Å². The monoisotopic (exact) mass is 424 g/mol. The van der Waals surface area contributed by atoms with Crippen molar-refractivity contribution in [2.45, 2.75) is 25.3 Å². The lowest BCUT2D eigenvalue weighted by Crippen LogP contribution is -2.37. The molecule has 0 aliphatic carbocycles. The molecule has 2 amide bonds. The number of hydrogen-bond donors (Lipinski definition) is 0. The summed E-state index contributed by atoms with van der Waals surface area (Å²) >= 11 is 0. The van der Waals surface area contributed by atoms with Gasteiger partial charge >= 0.3 is 0 Å². The summed E-state index contributed by atoms with van der Waals surface area (Å²) in [6, 6.07) is 12.9. The Hall–Kier alpha value is -3.22. The van der Waals surface area contributed by atoms with Gasteiger partial charge in [-0.1, -0.05) is 0 Å². The number of carbonyl (C=O) groups is 2. The molecule has 0 saturated carbocycles. The van der Waals surface area contributed by atoms with Crippen LogP contribution in [0.4, 0.5) is 5.69 Å². The van der Waals surface area contributed by atoms with Crippen LogP contribution in [0.15, 0.2) is 42.5 Å². The fourth-order valence-corrected chi connectivity index (χ4v) is 4.57. The molecule has 2 aromatic rings. The summed E-state index contributed by atoms with van der Waals surface area (Å²) in [4.78, 5) is 29.7. The second-order valence-corrected chi connectivity index (χ2v) is 7.90. The van der Waals surface area contributed by atoms with Gasteiger partial charge in [0.2, 0.25) is 11.8 Å². The highest BCUT2D eigenvalue weighted by Crippen LogP contribution is 2.40. The van der Waals surface area contributed by atoms with Gasteiger partial charge in [-0.05, 0) is 55.3 Å². The fourth-order valence-electron chi connectivity index (χ4n) is 4.57. The van der Waals surface area contributed by atoms with E-state index in [2.05, 4.69) is 0 Å². The van der Waals surface area contributed by atoms with E-state index in [1.165, 1.54) is 0 Å². The largest absolute Gasteiger partial charge is 0.497 e. The Bertz CT molecular complexity index is 959. The van der Waals surface area contributed by atoms with Crippen molar-refractivity contribution in [3.05, 3.63) is 48.0 Å². The van der Waals surface area contributed by atoms with E-state index in [9.17, 15) is 9.59 Å². The van der Waals surface area contributed by atoms with Crippen molar-refractivity contribution >= 4 is 17.5 Å². The molecular formula is C24H28N2O5. The van der Waals surface area contributed by atoms with Gasteiger partial charge in [-0.25, -0.2) is 0 Å². The summed E-state index contributed by atoms with van der Waals surface area (Å²) < 4.78 is 16.1. The molecule has 2 aromatic carbocycles. The molecule has 2 fully saturated rings. The van der Waals surface area contributed by atoms with Gasteiger partial charge in [-0.2, -0.15) is 0 Å². The first-order valence-electron chi connectivity index (χ1n) is 10.5. The SMILES string of the molecule is COc1ccc(N2C[C@@H](C(=O)N3CCC[C@H]3c3cc(OC)ccc3OC)CC2=O)cc1. The zero-order valence-electron chi connectivity index (χ0n) is 18.2. The molecule has 0 N–H and O–H groups in total. The van der Waals surface area contributed by atoms with Crippen molar-refractivity contribution in [1.82, 2.24) is 4.90 Å². The maximum atomic E-state index is 13.5. The number of rotatable bonds is 6. The number of anilines is 1. The third kappa shape index (κ3) is 4.04. The molecule has 0 bridgehead atoms. The maximum Gasteiger partial charge on any atom is 0.228 e. The smallest absolute Gasteiger partial charge is 0.228 e. The number of nitrogens with zero attached hydrogens (tertiary/aromatic N) is 2. The second-order valence-electron chi connectivity index (χ2n) is 7.90. The van der Waals surface area contributed by atoms with Gasteiger partial charge in [0.1, 0.15) is 17.2 Å². The summed E-state index contributed by atoms with van der Waals surface area (Å²) in [5.74, 6) is 1.85. The molecule has 2 aliphatic heterocycles. The van der Waals surface area contributed by atoms with Crippen LogP contribution in [0.2, 0.25) is 0 Å². The molecule has 2 atom stereocenters. The van der Waals surface area contributed by atoms with Gasteiger partial charge in [0.05, 0.1) is 33.3 Å². The molecule has 0 unspecified atom stereocenters. The molecule has 4 rings (SSSR count). The second kappa shape index (κ2) is 8.88. The maximum absolute atomic E-state index is 13.5. The van der Waals surface area contributed by atoms with Crippen LogP contribution in [-0.2, 0) is 9.59 Å². The quantitative estimate of drug-likeness (QED) is 0.711. The number of hydrogen-bond acceptors (Lipinski definition) is 5. The summed E-state index contributed by atoms with van der Waals surface area (Å²) in [5, 5.41) is 0. The molecule has 2 heterocycles. The molecule has 7 heteroatoms. The van der Waals surface area contributed by atoms with Crippen LogP contribution in [0.5, 0.6) is 17.2 Å². The van der Waals surface area contributed by atoms with Crippen molar-refractivity contribution in [2.75, 3.05) is 39.3 Å². The third-order valence-corrected chi connectivity index (χ3v) is 6.19. The average Bonchev–Trinajstić information content (AvgIpc) is 3.45. The summed E-state index contributed by atoms with van der Waals surface area (Å²) in [6.45, 7) is 1.07. The standard InChI is InChI=1S/C24H28N2O5/c1-29-18-8-6-17(7-9-18)26-15-16(13-23(26)27)24(28)25-12-4-5-21(25)20-14-19(30-2)10-11-22(20)31-3/h6-11,14,16,21H,4-5,12-13,15H2,1-3H3/t16-,21-/m0/s1. The first-order valence-corrected chi connectivity index (χ1v) is 10.5. The molecular weight excluding hydrogens is 396 g/mol. The van der Waals surface area contributed by atoms with E-state index in [1.54, 1.807) is 26.2 Å². The Morgan fingerprint density at radius 2 is 1.68 bits per heavy atom. The van der Waals surface area contributed by atoms with Crippen LogP contribution in [0.25, 0.3) is 0 Å². The van der Waals surface area contributed by atoms with Crippen molar-refractivity contribution in [1.29, 1.82) is 0 Å². The first-order chi connectivity index (χ1) is 15.0. The van der Waals surface area contributed by atoms with Gasteiger partial charge in [-0.3, -0.25) is 9.59 Å². The van der Waals surface area contributed by atoms with Crippen LogP contribution in [0.3, 0.4) is 0 Å². The minimum absolute atomic E-state index is 0.0248. The zero-order chi connectivity index (χ0) is 22.0. The van der Waals surface area contributed by atoms with Gasteiger partial charge in [0.25, 0.3) is 0 Å². The first kappa shape index (κ1) is 21.0. The van der Waals surface area contributed by atoms with E-state index in [-0.39, 0.29) is 30.2 Å². The van der Waals surface area contributed by atoms with Crippen molar-refractivity contribution in [2.24, 2.45) is 5.92 Å². The molecule has 0 aromatic heterocycles. The highest BCUT2D eigenvalue weighted by atomic mass is 16.5. The normalized spacial score (nSPS) is 20.8. The molecule has 0 spiro atoms. The number of carbonyl (C=O) groups excluding carboxylic acids is 2. The highest BCUT2D eigenvalue weighted by molar-refractivity contribution is 6.00. The predicted molar refractivity (Wildman–Crippen MR) is 117 cm³/mol. The number of amides is 2. The Morgan fingerprint density at radius 3 is 2.35 bits per heavy atom. The van der Waals surface area contributed by atoms with Crippen molar-refractivity contribution in [3.63, 3.8) is 0 Å². The molecule has 2 saturated heterocycles. The summed E-state index contributed by atoms with van der Waals surface area (Å²) in [6.07, 6.45) is 2.00. The topological polar surface area (TPSA) is 68.3 Å². The van der Waals surface area contributed by atoms with Crippen LogP contribution in [-0.4, -0.2) is 51.1 Å². The van der Waals surface area contributed by atoms with E-state index >= 15 is 0 Å². The minimum atomic E-state index is -0.355. The molecule has 2 aliphatic rings. The fraction of sp³-hybridized carbons (Fsp3) is 0.417. The van der Waals surface area contributed by atoms with Gasteiger partial charge in [-0.15, -0.1) is 0 Å². The van der Waals surface area contributed by atoms with E-state index in [0.29, 0.717) is 13.1 Å². The number of ether oxygens (including phenoxy) is 3. The van der Waals surface area contributed by atoms with Crippen LogP contribution < -0.4 is 19.1 Å². The Morgan fingerprint density at radius 1 is 0.968 bits per heavy atom. The minimum Gasteiger partial charge on any atom is -0.497 e. The molecule has 31 heavy (non-hydrogen) atoms. The molecule has 7 nitrogen and oxygen atoms in total. The van der Waals surface area contributed by atoms with Crippen LogP contribution in [0, 0.1) is 5.92 Å². The number of likely N-dealkylation sites (tertiary alicyclic amines) is 1. The number of benzene rings is 2. The zero-order valence-corrected chi connectivity index (χ0v) is 18.2. The lowest BCUT2D eigenvalue weighted by Gasteiger charge is -2.29. The third-order valence-electron chi connectivity index (χ3n) is 6.19. The van der Waals surface area contributed by atoms with Crippen LogP contribution in [0.1, 0.15) is 30.9 Å². The number of methoxy groups -OCH3 is 3. The van der Waals surface area contributed by atoms with Gasteiger partial charge in [0.15, 0.2) is 0 Å². The molecule has 0 radical (unpaired) electrons. The van der Waals surface area contributed by atoms with Crippen LogP contribution >= 0.6 is 0 Å². The summed E-state index contributed by atoms with van der Waals surface area (Å²) in [7, 11) is 4.87. The predicted octanol–water partition coefficient (Wildman–Crippen LogP) is 3.43. The highest BCUT2D eigenvalue weighted by Gasteiger charge is 2.41. The van der Waals surface area contributed by atoms with Crippen molar-refractivity contribution < 1.29 is 23.8 Å². The van der Waals surface area contributed by atoms with Crippen molar-refractivity contribution in [3.8, 4) is 17.2 Å². The summed E-state index contributed by atoms with van der Waals surface area (Å²) in [5.41, 5.74) is 1.73. The Balaban J connectivity index is 1.53. The lowest BCUT2D eigenvalue weighted by atomic mass is 10.0. The lowest BCUT2D eigenvalue weighted by molar-refractivity contribution is -0.136. The van der Waals surface area contributed by atoms with Gasteiger partial charge in [0, 0.05) is 30.8 Å². The van der Waals surface area contributed by atoms with E-state index in [0.717, 1.165) is 41.3 Å². The van der Waals surface area contributed by atoms with Gasteiger partial charge < -0.3 is 24.0 Å². The van der Waals surface area contributed by atoms with E-state index in [1.807, 2.05) is 47.4 Å².